The SMILES string of the molecule is [2H]C([2H])([2H])Oc1cccc(-c2c(F)c(F)c(NC(=O)C3=C(C(=O)NOCCO)CSC3)c(F)c2F)c1. The molecule has 33 heavy (non-hydrogen) atoms. The number of carbonyl (C=O) groups is 2. The van der Waals surface area contributed by atoms with Gasteiger partial charge in [-0.25, -0.2) is 23.0 Å². The van der Waals surface area contributed by atoms with Gasteiger partial charge >= 0.3 is 0 Å². The Labute approximate surface area is 193 Å². The van der Waals surface area contributed by atoms with Crippen LogP contribution in [0.1, 0.15) is 4.11 Å². The number of nitrogens with one attached hydrogen (secondary N) is 2. The fraction of sp³-hybridized carbons (Fsp3) is 0.238. The van der Waals surface area contributed by atoms with Gasteiger partial charge < -0.3 is 15.2 Å². The summed E-state index contributed by atoms with van der Waals surface area (Å²) in [6.07, 6.45) is 0. The highest BCUT2D eigenvalue weighted by atomic mass is 32.2. The van der Waals surface area contributed by atoms with Crippen LogP contribution >= 0.6 is 11.8 Å². The normalized spacial score (nSPS) is 15.0. The number of anilines is 1. The van der Waals surface area contributed by atoms with Crippen molar-refractivity contribution in [1.82, 2.24) is 5.48 Å². The Balaban J connectivity index is 1.93. The minimum absolute atomic E-state index is 0.0306. The first kappa shape index (κ1) is 20.5. The average Bonchev–Trinajstić information content (AvgIpc) is 3.30. The van der Waals surface area contributed by atoms with Crippen molar-refractivity contribution in [2.75, 3.05) is 37.1 Å². The zero-order valence-corrected chi connectivity index (χ0v) is 17.5. The van der Waals surface area contributed by atoms with Gasteiger partial charge in [-0.3, -0.25) is 14.4 Å². The maximum Gasteiger partial charge on any atom is 0.272 e. The Bertz CT molecular complexity index is 1200. The maximum atomic E-state index is 14.9. The molecule has 0 fully saturated rings. The number of hydrogen-bond donors (Lipinski definition) is 3. The largest absolute Gasteiger partial charge is 0.497 e. The number of benzene rings is 2. The van der Waals surface area contributed by atoms with Crippen molar-refractivity contribution in [2.45, 2.75) is 0 Å². The first-order chi connectivity index (χ1) is 16.9. The number of methoxy groups -OCH3 is 1. The number of thioether (sulfide) groups is 1. The van der Waals surface area contributed by atoms with E-state index in [0.717, 1.165) is 23.9 Å². The van der Waals surface area contributed by atoms with Crippen LogP contribution in [-0.4, -0.2) is 48.7 Å². The molecule has 0 saturated heterocycles. The summed E-state index contributed by atoms with van der Waals surface area (Å²) < 4.78 is 85.3. The molecule has 0 bridgehead atoms. The number of aliphatic hydroxyl groups excluding tert-OH is 1. The second-order valence-electron chi connectivity index (χ2n) is 6.54. The zero-order valence-electron chi connectivity index (χ0n) is 19.6. The van der Waals surface area contributed by atoms with E-state index in [1.54, 1.807) is 5.32 Å². The van der Waals surface area contributed by atoms with Gasteiger partial charge in [0.05, 0.1) is 29.9 Å². The number of hydrogen-bond acceptors (Lipinski definition) is 6. The van der Waals surface area contributed by atoms with Crippen molar-refractivity contribution in [3.8, 4) is 16.9 Å². The third-order valence-electron chi connectivity index (χ3n) is 4.51. The van der Waals surface area contributed by atoms with Gasteiger partial charge in [0, 0.05) is 22.7 Å². The Morgan fingerprint density at radius 3 is 2.39 bits per heavy atom. The van der Waals surface area contributed by atoms with E-state index in [2.05, 4.69) is 9.57 Å². The highest BCUT2D eigenvalue weighted by Gasteiger charge is 2.31. The molecule has 3 rings (SSSR count). The lowest BCUT2D eigenvalue weighted by atomic mass is 10.0. The maximum absolute atomic E-state index is 14.9. The van der Waals surface area contributed by atoms with E-state index in [1.807, 2.05) is 5.48 Å². The molecule has 1 aliphatic rings. The van der Waals surface area contributed by atoms with Crippen molar-refractivity contribution >= 4 is 29.3 Å². The first-order valence-corrected chi connectivity index (χ1v) is 10.4. The van der Waals surface area contributed by atoms with E-state index in [4.69, 9.17) is 9.22 Å². The Kier molecular flexibility index (Phi) is 6.64. The number of rotatable bonds is 8. The summed E-state index contributed by atoms with van der Waals surface area (Å²) in [5.41, 5.74) is -1.25. The predicted octanol–water partition coefficient (Wildman–Crippen LogP) is 2.94. The van der Waals surface area contributed by atoms with Crippen LogP contribution in [-0.2, 0) is 14.4 Å². The minimum Gasteiger partial charge on any atom is -0.497 e. The van der Waals surface area contributed by atoms with Crippen LogP contribution in [0.5, 0.6) is 5.75 Å². The number of ether oxygens (including phenoxy) is 1. The summed E-state index contributed by atoms with van der Waals surface area (Å²) in [6.45, 7) is -0.607. The second-order valence-corrected chi connectivity index (χ2v) is 7.53. The van der Waals surface area contributed by atoms with Crippen LogP contribution < -0.4 is 15.5 Å². The molecule has 3 N–H and O–H groups in total. The van der Waals surface area contributed by atoms with Gasteiger partial charge in [-0.05, 0) is 17.7 Å². The van der Waals surface area contributed by atoms with Gasteiger partial charge in [-0.2, -0.15) is 11.8 Å². The van der Waals surface area contributed by atoms with Crippen LogP contribution in [0.25, 0.3) is 11.1 Å². The van der Waals surface area contributed by atoms with Gasteiger partial charge in [0.25, 0.3) is 11.8 Å². The van der Waals surface area contributed by atoms with E-state index in [9.17, 15) is 27.2 Å². The average molecular weight is 489 g/mol. The molecule has 2 amide bonds. The molecule has 0 spiro atoms. The van der Waals surface area contributed by atoms with E-state index in [-0.39, 0.29) is 41.6 Å². The topological polar surface area (TPSA) is 96.9 Å². The van der Waals surface area contributed by atoms with Gasteiger partial charge in [-0.1, -0.05) is 12.1 Å². The molecule has 0 atom stereocenters. The highest BCUT2D eigenvalue weighted by Crippen LogP contribution is 2.36. The van der Waals surface area contributed by atoms with Crippen molar-refractivity contribution in [1.29, 1.82) is 0 Å². The van der Waals surface area contributed by atoms with Gasteiger partial charge in [0.1, 0.15) is 11.4 Å². The number of amides is 2. The molecular weight excluding hydrogens is 468 g/mol. The smallest absolute Gasteiger partial charge is 0.272 e. The first-order valence-electron chi connectivity index (χ1n) is 10.7. The number of carbonyl (C=O) groups excluding carboxylic acids is 2. The third kappa shape index (κ3) is 5.13. The van der Waals surface area contributed by atoms with Crippen molar-refractivity contribution in [3.63, 3.8) is 0 Å². The van der Waals surface area contributed by atoms with E-state index >= 15 is 0 Å². The van der Waals surface area contributed by atoms with Crippen LogP contribution in [0.3, 0.4) is 0 Å². The Morgan fingerprint density at radius 1 is 1.09 bits per heavy atom. The predicted molar refractivity (Wildman–Crippen MR) is 112 cm³/mol. The molecule has 1 heterocycles. The lowest BCUT2D eigenvalue weighted by Gasteiger charge is -2.14. The lowest BCUT2D eigenvalue weighted by molar-refractivity contribution is -0.130. The summed E-state index contributed by atoms with van der Waals surface area (Å²) in [4.78, 5) is 29.5. The van der Waals surface area contributed by atoms with Crippen LogP contribution in [0.2, 0.25) is 0 Å². The molecular formula is C21H18F4N2O5S. The number of halogens is 4. The molecule has 0 aliphatic carbocycles. The van der Waals surface area contributed by atoms with Gasteiger partial charge in [0.2, 0.25) is 0 Å². The quantitative estimate of drug-likeness (QED) is 0.228. The molecule has 7 nitrogen and oxygen atoms in total. The molecule has 2 aromatic rings. The Hall–Kier alpha value is -3.09. The molecule has 0 aromatic heterocycles. The monoisotopic (exact) mass is 489 g/mol. The van der Waals surface area contributed by atoms with E-state index < -0.39 is 58.9 Å². The summed E-state index contributed by atoms with van der Waals surface area (Å²) in [5.74, 6) is -9.82. The fourth-order valence-corrected chi connectivity index (χ4v) is 4.08. The zero-order chi connectivity index (χ0) is 26.6. The van der Waals surface area contributed by atoms with Crippen LogP contribution in [0, 0.1) is 23.3 Å². The van der Waals surface area contributed by atoms with Crippen molar-refractivity contribution in [3.05, 3.63) is 58.7 Å². The Morgan fingerprint density at radius 2 is 1.76 bits per heavy atom. The fourth-order valence-electron chi connectivity index (χ4n) is 2.96. The molecule has 12 heteroatoms. The molecule has 0 unspecified atom stereocenters. The highest BCUT2D eigenvalue weighted by molar-refractivity contribution is 8.00. The molecule has 0 radical (unpaired) electrons. The summed E-state index contributed by atoms with van der Waals surface area (Å²) in [7, 11) is -2.88. The standard InChI is InChI=1S/C21H18F4N2O5S/c1-31-11-4-2-3-10(7-11)14-15(22)17(24)19(18(25)16(14)23)26-20(29)12-8-33-9-13(12)21(30)27-32-6-5-28/h2-4,7,28H,5-6,8-9H2,1H3,(H,26,29)(H,27,30)/i1D3. The van der Waals surface area contributed by atoms with Gasteiger partial charge in [-0.15, -0.1) is 0 Å². The molecule has 2 aromatic carbocycles. The molecule has 0 saturated carbocycles. The summed E-state index contributed by atoms with van der Waals surface area (Å²) in [5, 5.41) is 10.5. The number of hydroxylamine groups is 1. The van der Waals surface area contributed by atoms with Crippen LogP contribution in [0.15, 0.2) is 35.4 Å². The minimum atomic E-state index is -2.88. The van der Waals surface area contributed by atoms with Crippen LogP contribution in [0.4, 0.5) is 23.2 Å². The second kappa shape index (κ2) is 10.7. The summed E-state index contributed by atoms with van der Waals surface area (Å²) >= 11 is 1.13. The van der Waals surface area contributed by atoms with E-state index in [1.165, 1.54) is 12.1 Å². The number of aliphatic hydroxyl groups is 1. The lowest BCUT2D eigenvalue weighted by Crippen LogP contribution is -2.29. The third-order valence-corrected chi connectivity index (χ3v) is 5.49. The molecule has 1 aliphatic heterocycles. The van der Waals surface area contributed by atoms with Crippen molar-refractivity contribution in [2.24, 2.45) is 0 Å². The summed E-state index contributed by atoms with van der Waals surface area (Å²) in [6, 6.07) is 4.30. The molecule has 176 valence electrons. The van der Waals surface area contributed by atoms with E-state index in [0.29, 0.717) is 0 Å². The van der Waals surface area contributed by atoms with Crippen molar-refractivity contribution < 1.29 is 45.9 Å². The van der Waals surface area contributed by atoms with Gasteiger partial charge in [0.15, 0.2) is 23.3 Å².